The van der Waals surface area contributed by atoms with Crippen molar-refractivity contribution < 1.29 is 23.1 Å². The zero-order valence-electron chi connectivity index (χ0n) is 10.7. The van der Waals surface area contributed by atoms with Crippen LogP contribution in [0.2, 0.25) is 0 Å². The van der Waals surface area contributed by atoms with Crippen molar-refractivity contribution in [3.05, 3.63) is 17.0 Å². The van der Waals surface area contributed by atoms with Crippen LogP contribution in [0.5, 0.6) is 0 Å². The Balaban J connectivity index is 3.37. The first-order valence-corrected chi connectivity index (χ1v) is 6.70. The number of H-pyrrole nitrogens is 1. The maximum absolute atomic E-state index is 12.3. The fourth-order valence-corrected chi connectivity index (χ4v) is 3.33. The van der Waals surface area contributed by atoms with E-state index in [0.717, 1.165) is 4.31 Å². The van der Waals surface area contributed by atoms with Gasteiger partial charge in [-0.05, 0) is 13.8 Å². The lowest BCUT2D eigenvalue weighted by Crippen LogP contribution is -2.35. The predicted molar refractivity (Wildman–Crippen MR) is 66.2 cm³/mol. The van der Waals surface area contributed by atoms with E-state index in [1.54, 1.807) is 0 Å². The number of carboxylic acids is 1. The van der Waals surface area contributed by atoms with Gasteiger partial charge in [0.2, 0.25) is 15.9 Å². The second-order valence-electron chi connectivity index (χ2n) is 4.11. The summed E-state index contributed by atoms with van der Waals surface area (Å²) in [5.74, 6) is -2.05. The summed E-state index contributed by atoms with van der Waals surface area (Å²) in [7, 11) is -2.77. The number of nitrogens with one attached hydrogen (secondary N) is 1. The molecule has 0 spiro atoms. The highest BCUT2D eigenvalue weighted by Crippen LogP contribution is 2.25. The van der Waals surface area contributed by atoms with E-state index >= 15 is 0 Å². The van der Waals surface area contributed by atoms with Crippen LogP contribution in [0.3, 0.4) is 0 Å². The Bertz CT molecular complexity index is 632. The molecule has 0 bridgehead atoms. The Labute approximate surface area is 110 Å². The highest BCUT2D eigenvalue weighted by Gasteiger charge is 2.30. The summed E-state index contributed by atoms with van der Waals surface area (Å²) in [6, 6.07) is 0. The van der Waals surface area contributed by atoms with Crippen LogP contribution < -0.4 is 5.73 Å². The Morgan fingerprint density at radius 3 is 2.26 bits per heavy atom. The van der Waals surface area contributed by atoms with E-state index in [0.29, 0.717) is 0 Å². The van der Waals surface area contributed by atoms with Gasteiger partial charge in [0, 0.05) is 18.3 Å². The van der Waals surface area contributed by atoms with Crippen LogP contribution >= 0.6 is 0 Å². The highest BCUT2D eigenvalue weighted by molar-refractivity contribution is 7.89. The Morgan fingerprint density at radius 1 is 1.37 bits per heavy atom. The SMILES string of the molecule is Cc1[nH]c(C(=O)O)c(C)c1S(=O)(=O)N(C)CC(N)=O. The number of aromatic amines is 1. The van der Waals surface area contributed by atoms with Crippen molar-refractivity contribution in [3.8, 4) is 0 Å². The van der Waals surface area contributed by atoms with Gasteiger partial charge in [0.1, 0.15) is 10.6 Å². The summed E-state index contributed by atoms with van der Waals surface area (Å²) in [4.78, 5) is 24.1. The van der Waals surface area contributed by atoms with Crippen molar-refractivity contribution in [2.75, 3.05) is 13.6 Å². The molecule has 19 heavy (non-hydrogen) atoms. The average molecular weight is 289 g/mol. The molecule has 0 saturated heterocycles. The topological polar surface area (TPSA) is 134 Å². The number of carbonyl (C=O) groups excluding carboxylic acids is 1. The Kier molecular flexibility index (Phi) is 4.01. The lowest BCUT2D eigenvalue weighted by Gasteiger charge is -2.15. The number of likely N-dealkylation sites (N-methyl/N-ethyl adjacent to an activating group) is 1. The van der Waals surface area contributed by atoms with E-state index in [9.17, 15) is 18.0 Å². The fraction of sp³-hybridized carbons (Fsp3) is 0.400. The zero-order chi connectivity index (χ0) is 15.0. The molecule has 106 valence electrons. The van der Waals surface area contributed by atoms with Crippen molar-refractivity contribution in [1.82, 2.24) is 9.29 Å². The van der Waals surface area contributed by atoms with Crippen molar-refractivity contribution in [1.29, 1.82) is 0 Å². The molecular formula is C10H15N3O5S. The first-order chi connectivity index (χ1) is 8.59. The van der Waals surface area contributed by atoms with Gasteiger partial charge in [-0.15, -0.1) is 0 Å². The number of aromatic carboxylic acids is 1. The zero-order valence-corrected chi connectivity index (χ0v) is 11.5. The molecule has 4 N–H and O–H groups in total. The van der Waals surface area contributed by atoms with Crippen LogP contribution in [0, 0.1) is 13.8 Å². The monoisotopic (exact) mass is 289 g/mol. The molecule has 0 atom stereocenters. The molecule has 0 aliphatic heterocycles. The van der Waals surface area contributed by atoms with Gasteiger partial charge in [-0.1, -0.05) is 0 Å². The Hall–Kier alpha value is -1.87. The summed E-state index contributed by atoms with van der Waals surface area (Å²) < 4.78 is 25.3. The van der Waals surface area contributed by atoms with E-state index in [2.05, 4.69) is 4.98 Å². The number of hydrogen-bond acceptors (Lipinski definition) is 4. The number of carbonyl (C=O) groups is 2. The molecule has 1 aromatic heterocycles. The largest absolute Gasteiger partial charge is 0.477 e. The number of aryl methyl sites for hydroxylation is 1. The van der Waals surface area contributed by atoms with Gasteiger partial charge in [0.05, 0.1) is 6.54 Å². The van der Waals surface area contributed by atoms with Gasteiger partial charge in [-0.2, -0.15) is 4.31 Å². The maximum atomic E-state index is 12.3. The van der Waals surface area contributed by atoms with Gasteiger partial charge < -0.3 is 15.8 Å². The van der Waals surface area contributed by atoms with Crippen LogP contribution in [-0.2, 0) is 14.8 Å². The normalized spacial score (nSPS) is 11.8. The third-order valence-corrected chi connectivity index (χ3v) is 4.71. The van der Waals surface area contributed by atoms with Gasteiger partial charge in [0.15, 0.2) is 0 Å². The molecule has 0 aliphatic rings. The number of amides is 1. The number of hydrogen-bond donors (Lipinski definition) is 3. The second-order valence-corrected chi connectivity index (χ2v) is 6.09. The fourth-order valence-electron chi connectivity index (χ4n) is 1.79. The second kappa shape index (κ2) is 5.02. The number of carboxylic acid groups (broad SMARTS) is 1. The number of sulfonamides is 1. The molecule has 1 amide bonds. The van der Waals surface area contributed by atoms with Gasteiger partial charge in [0.25, 0.3) is 0 Å². The van der Waals surface area contributed by atoms with E-state index in [4.69, 9.17) is 10.8 Å². The first-order valence-electron chi connectivity index (χ1n) is 5.26. The molecule has 0 radical (unpaired) electrons. The molecule has 0 aromatic carbocycles. The molecule has 1 rings (SSSR count). The Morgan fingerprint density at radius 2 is 1.89 bits per heavy atom. The van der Waals surface area contributed by atoms with E-state index in [1.165, 1.54) is 20.9 Å². The van der Waals surface area contributed by atoms with E-state index < -0.39 is 28.4 Å². The predicted octanol–water partition coefficient (Wildman–Crippen LogP) is -0.564. The van der Waals surface area contributed by atoms with Gasteiger partial charge in [-0.3, -0.25) is 4.79 Å². The number of primary amides is 1. The van der Waals surface area contributed by atoms with Gasteiger partial charge in [-0.25, -0.2) is 13.2 Å². The number of aromatic nitrogens is 1. The molecular weight excluding hydrogens is 274 g/mol. The van der Waals surface area contributed by atoms with Crippen molar-refractivity contribution in [3.63, 3.8) is 0 Å². The summed E-state index contributed by atoms with van der Waals surface area (Å²) in [6.07, 6.45) is 0. The summed E-state index contributed by atoms with van der Waals surface area (Å²) in [6.45, 7) is 2.36. The van der Waals surface area contributed by atoms with Gasteiger partial charge >= 0.3 is 5.97 Å². The molecule has 0 unspecified atom stereocenters. The summed E-state index contributed by atoms with van der Waals surface area (Å²) >= 11 is 0. The van der Waals surface area contributed by atoms with Crippen molar-refractivity contribution >= 4 is 21.9 Å². The highest BCUT2D eigenvalue weighted by atomic mass is 32.2. The van der Waals surface area contributed by atoms with Crippen LogP contribution in [-0.4, -0.2) is 48.3 Å². The summed E-state index contributed by atoms with van der Waals surface area (Å²) in [5.41, 5.74) is 5.06. The van der Waals surface area contributed by atoms with Crippen molar-refractivity contribution in [2.24, 2.45) is 5.73 Å². The smallest absolute Gasteiger partial charge is 0.352 e. The standard InChI is InChI=1S/C10H15N3O5S/c1-5-8(10(15)16)12-6(2)9(5)19(17,18)13(3)4-7(11)14/h12H,4H2,1-3H3,(H2,11,14)(H,15,16). The van der Waals surface area contributed by atoms with E-state index in [1.807, 2.05) is 0 Å². The number of rotatable bonds is 5. The molecule has 8 nitrogen and oxygen atoms in total. The number of nitrogens with two attached hydrogens (primary N) is 1. The molecule has 0 fully saturated rings. The molecule has 9 heteroatoms. The van der Waals surface area contributed by atoms with Crippen LogP contribution in [0.25, 0.3) is 0 Å². The third-order valence-electron chi connectivity index (χ3n) is 2.63. The minimum absolute atomic E-state index is 0.0984. The average Bonchev–Trinajstić information content (AvgIpc) is 2.53. The quantitative estimate of drug-likeness (QED) is 0.667. The minimum Gasteiger partial charge on any atom is -0.477 e. The third kappa shape index (κ3) is 2.76. The molecule has 0 aliphatic carbocycles. The van der Waals surface area contributed by atoms with E-state index in [-0.39, 0.29) is 21.8 Å². The van der Waals surface area contributed by atoms with Crippen LogP contribution in [0.15, 0.2) is 4.90 Å². The molecule has 0 saturated carbocycles. The number of nitrogens with zero attached hydrogens (tertiary/aromatic N) is 1. The maximum Gasteiger partial charge on any atom is 0.352 e. The van der Waals surface area contributed by atoms with Crippen LogP contribution in [0.4, 0.5) is 0 Å². The lowest BCUT2D eigenvalue weighted by molar-refractivity contribution is -0.118. The minimum atomic E-state index is -3.97. The van der Waals surface area contributed by atoms with Crippen molar-refractivity contribution in [2.45, 2.75) is 18.7 Å². The first kappa shape index (κ1) is 15.2. The molecule has 1 aromatic rings. The molecule has 1 heterocycles. The van der Waals surface area contributed by atoms with Crippen LogP contribution in [0.1, 0.15) is 21.7 Å². The summed E-state index contributed by atoms with van der Waals surface area (Å²) in [5, 5.41) is 8.94. The lowest BCUT2D eigenvalue weighted by atomic mass is 10.2.